The minimum atomic E-state index is -5.52. The van der Waals surface area contributed by atoms with Gasteiger partial charge in [-0.2, -0.15) is 17.5 Å². The van der Waals surface area contributed by atoms with Crippen molar-refractivity contribution in [3.05, 3.63) is 82.9 Å². The number of hydrogen-bond donors (Lipinski definition) is 1. The van der Waals surface area contributed by atoms with E-state index in [1.807, 2.05) is 35.2 Å². The van der Waals surface area contributed by atoms with E-state index in [1.54, 1.807) is 24.4 Å². The molecule has 3 aromatic rings. The third-order valence-corrected chi connectivity index (χ3v) is 7.47. The lowest BCUT2D eigenvalue weighted by Gasteiger charge is -2.34. The molecule has 0 fully saturated rings. The number of aryl methyl sites for hydroxylation is 1. The molecule has 0 amide bonds. The van der Waals surface area contributed by atoms with Crippen LogP contribution >= 0.6 is 11.6 Å². The first kappa shape index (κ1) is 23.6. The molecule has 1 aliphatic heterocycles. The summed E-state index contributed by atoms with van der Waals surface area (Å²) in [6.45, 7) is -0.391. The summed E-state index contributed by atoms with van der Waals surface area (Å²) in [5.41, 5.74) is -2.57. The zero-order valence-corrected chi connectivity index (χ0v) is 19.0. The molecule has 176 valence electrons. The lowest BCUT2D eigenvalue weighted by atomic mass is 10.0. The number of nitrogens with zero attached hydrogens (tertiary/aromatic N) is 3. The van der Waals surface area contributed by atoms with Crippen molar-refractivity contribution in [1.29, 1.82) is 0 Å². The molecule has 0 saturated heterocycles. The average molecular weight is 499 g/mol. The molecule has 1 aromatic heterocycles. The Morgan fingerprint density at radius 1 is 1.15 bits per heavy atom. The van der Waals surface area contributed by atoms with Gasteiger partial charge in [-0.05, 0) is 36.1 Å². The highest BCUT2D eigenvalue weighted by atomic mass is 35.5. The van der Waals surface area contributed by atoms with Crippen LogP contribution in [0.1, 0.15) is 23.2 Å². The number of H-pyrrole nitrogens is 1. The predicted octanol–water partition coefficient (Wildman–Crippen LogP) is 4.74. The molecule has 33 heavy (non-hydrogen) atoms. The Kier molecular flexibility index (Phi) is 6.69. The molecule has 6 nitrogen and oxygen atoms in total. The second-order valence-corrected chi connectivity index (χ2v) is 10.3. The fourth-order valence-electron chi connectivity index (χ4n) is 4.05. The van der Waals surface area contributed by atoms with Gasteiger partial charge in [0.25, 0.3) is 0 Å². The van der Waals surface area contributed by atoms with Crippen molar-refractivity contribution in [2.75, 3.05) is 11.4 Å². The Labute approximate surface area is 195 Å². The molecular weight excluding hydrogens is 477 g/mol. The minimum absolute atomic E-state index is 0.310. The average Bonchev–Trinajstić information content (AvgIpc) is 3.23. The summed E-state index contributed by atoms with van der Waals surface area (Å²) >= 11 is 6.24. The van der Waals surface area contributed by atoms with Gasteiger partial charge in [0, 0.05) is 36.0 Å². The van der Waals surface area contributed by atoms with Crippen LogP contribution in [0.25, 0.3) is 0 Å². The number of alkyl halides is 3. The van der Waals surface area contributed by atoms with Crippen LogP contribution in [0.5, 0.6) is 0 Å². The molecule has 4 rings (SSSR count). The third-order valence-electron chi connectivity index (χ3n) is 5.70. The number of benzene rings is 2. The summed E-state index contributed by atoms with van der Waals surface area (Å²) in [5, 5.41) is 0.414. The van der Waals surface area contributed by atoms with Gasteiger partial charge < -0.3 is 9.88 Å². The highest BCUT2D eigenvalue weighted by molar-refractivity contribution is 7.89. The van der Waals surface area contributed by atoms with Crippen LogP contribution in [0.3, 0.4) is 0 Å². The molecule has 2 aromatic carbocycles. The Balaban J connectivity index is 1.76. The molecule has 0 radical (unpaired) electrons. The van der Waals surface area contributed by atoms with Crippen LogP contribution in [0.15, 0.2) is 61.1 Å². The zero-order chi connectivity index (χ0) is 23.6. The normalized spacial score (nSPS) is 17.6. The Bertz CT molecular complexity index is 1190. The first-order chi connectivity index (χ1) is 15.6. The Hall–Kier alpha value is -2.56. The van der Waals surface area contributed by atoms with Crippen molar-refractivity contribution < 1.29 is 21.6 Å². The van der Waals surface area contributed by atoms with Crippen molar-refractivity contribution in [3.63, 3.8) is 0 Å². The number of fused-ring (bicyclic) bond motifs is 1. The topological polar surface area (TPSA) is 69.3 Å². The van der Waals surface area contributed by atoms with Crippen LogP contribution in [-0.2, 0) is 29.5 Å². The van der Waals surface area contributed by atoms with Gasteiger partial charge in [-0.25, -0.2) is 13.4 Å². The van der Waals surface area contributed by atoms with E-state index < -0.39 is 28.1 Å². The fraction of sp³-hybridized carbons (Fsp3) is 0.318. The molecular formula is C22H22ClF3N4O2S. The quantitative estimate of drug-likeness (QED) is 0.533. The van der Waals surface area contributed by atoms with Crippen LogP contribution in [0, 0.1) is 0 Å². The number of imidazole rings is 1. The van der Waals surface area contributed by atoms with Crippen LogP contribution in [0.2, 0.25) is 5.02 Å². The Morgan fingerprint density at radius 3 is 2.58 bits per heavy atom. The lowest BCUT2D eigenvalue weighted by molar-refractivity contribution is -0.0492. The summed E-state index contributed by atoms with van der Waals surface area (Å²) in [7, 11) is -5.52. The lowest BCUT2D eigenvalue weighted by Crippen LogP contribution is -2.47. The van der Waals surface area contributed by atoms with Gasteiger partial charge in [0.2, 0.25) is 0 Å². The van der Waals surface area contributed by atoms with Crippen molar-refractivity contribution in [3.8, 4) is 0 Å². The summed E-state index contributed by atoms with van der Waals surface area (Å²) in [5.74, 6) is 0. The van der Waals surface area contributed by atoms with Crippen molar-refractivity contribution in [1.82, 2.24) is 14.3 Å². The molecule has 0 saturated carbocycles. The standard InChI is InChI=1S/C22H22ClF3N4O2S/c23-18-8-7-17-12-29(33(31,32)22(24,25)26)14-20(9-6-16-4-2-1-3-5-16)30(21(17)10-18)13-19-11-27-15-28-19/h1-5,7-8,10-11,15,20H,6,9,12-14H2,(H,27,28)/t20-/m1/s1. The van der Waals surface area contributed by atoms with Gasteiger partial charge in [-0.3, -0.25) is 0 Å². The number of nitrogens with one attached hydrogen (secondary N) is 1. The van der Waals surface area contributed by atoms with Crippen molar-refractivity contribution >= 4 is 27.3 Å². The van der Waals surface area contributed by atoms with E-state index in [4.69, 9.17) is 11.6 Å². The second kappa shape index (κ2) is 9.36. The number of halogens is 4. The van der Waals surface area contributed by atoms with Gasteiger partial charge >= 0.3 is 15.5 Å². The maximum Gasteiger partial charge on any atom is 0.511 e. The van der Waals surface area contributed by atoms with E-state index in [0.717, 1.165) is 11.3 Å². The summed E-state index contributed by atoms with van der Waals surface area (Å²) in [6, 6.07) is 13.8. The molecule has 1 aliphatic rings. The smallest absolute Gasteiger partial charge is 0.361 e. The SMILES string of the molecule is O=S(=O)(N1Cc2ccc(Cl)cc2N(Cc2cnc[nH]2)[C@H](CCc2ccccc2)C1)C(F)(F)F. The number of aromatic nitrogens is 2. The first-order valence-electron chi connectivity index (χ1n) is 10.3. The third kappa shape index (κ3) is 5.18. The summed E-state index contributed by atoms with van der Waals surface area (Å²) in [4.78, 5) is 8.96. The molecule has 0 spiro atoms. The monoisotopic (exact) mass is 498 g/mol. The molecule has 1 N–H and O–H groups in total. The highest BCUT2D eigenvalue weighted by Gasteiger charge is 2.51. The number of rotatable bonds is 6. The van der Waals surface area contributed by atoms with Crippen molar-refractivity contribution in [2.45, 2.75) is 37.5 Å². The maximum absolute atomic E-state index is 13.5. The van der Waals surface area contributed by atoms with Gasteiger partial charge in [-0.15, -0.1) is 0 Å². The van der Waals surface area contributed by atoms with Crippen LogP contribution < -0.4 is 4.90 Å². The van der Waals surface area contributed by atoms with Gasteiger partial charge in [0.15, 0.2) is 0 Å². The number of aromatic amines is 1. The van der Waals surface area contributed by atoms with E-state index in [-0.39, 0.29) is 6.54 Å². The largest absolute Gasteiger partial charge is 0.511 e. The van der Waals surface area contributed by atoms with Gasteiger partial charge in [0.05, 0.1) is 18.6 Å². The molecule has 0 bridgehead atoms. The van der Waals surface area contributed by atoms with E-state index in [0.29, 0.717) is 40.0 Å². The summed E-state index contributed by atoms with van der Waals surface area (Å²) < 4.78 is 65.9. The maximum atomic E-state index is 13.5. The van der Waals surface area contributed by atoms with Crippen molar-refractivity contribution in [2.24, 2.45) is 0 Å². The molecule has 11 heteroatoms. The number of sulfonamides is 1. The van der Waals surface area contributed by atoms with Crippen LogP contribution in [-0.4, -0.2) is 40.8 Å². The van der Waals surface area contributed by atoms with Gasteiger partial charge in [-0.1, -0.05) is 48.0 Å². The van der Waals surface area contributed by atoms with Gasteiger partial charge in [0.1, 0.15) is 0 Å². The van der Waals surface area contributed by atoms with Crippen LogP contribution in [0.4, 0.5) is 18.9 Å². The van der Waals surface area contributed by atoms with E-state index in [9.17, 15) is 21.6 Å². The fourth-order valence-corrected chi connectivity index (χ4v) is 5.18. The molecule has 0 unspecified atom stereocenters. The van der Waals surface area contributed by atoms with E-state index in [1.165, 1.54) is 6.33 Å². The van der Waals surface area contributed by atoms with E-state index in [2.05, 4.69) is 9.97 Å². The first-order valence-corrected chi connectivity index (χ1v) is 12.1. The predicted molar refractivity (Wildman–Crippen MR) is 120 cm³/mol. The second-order valence-electron chi connectivity index (χ2n) is 7.90. The number of anilines is 1. The molecule has 2 heterocycles. The highest BCUT2D eigenvalue weighted by Crippen LogP contribution is 2.37. The zero-order valence-electron chi connectivity index (χ0n) is 17.5. The minimum Gasteiger partial charge on any atom is -0.361 e. The number of hydrogen-bond acceptors (Lipinski definition) is 4. The Morgan fingerprint density at radius 2 is 1.91 bits per heavy atom. The van der Waals surface area contributed by atoms with E-state index >= 15 is 0 Å². The molecule has 1 atom stereocenters. The summed E-state index contributed by atoms with van der Waals surface area (Å²) in [6.07, 6.45) is 4.16. The molecule has 0 aliphatic carbocycles.